The Bertz CT molecular complexity index is 1060. The molecule has 4 rings (SSSR count). The molecule has 0 bridgehead atoms. The van der Waals surface area contributed by atoms with Gasteiger partial charge in [-0.1, -0.05) is 22.0 Å². The summed E-state index contributed by atoms with van der Waals surface area (Å²) < 4.78 is 26.1. The molecular weight excluding hydrogens is 399 g/mol. The standard InChI is InChI=1S/C21H18BrFO3/c1-12-19(25-11-13-6-7-14(22)10-18(13)23)9-8-16-15-4-2-3-5-17(15)21(24)26-20(12)16/h6-10H,2-5,11H2,1H3. The maximum Gasteiger partial charge on any atom is 0.339 e. The summed E-state index contributed by atoms with van der Waals surface area (Å²) >= 11 is 3.24. The molecule has 26 heavy (non-hydrogen) atoms. The number of hydrogen-bond donors (Lipinski definition) is 0. The first-order chi connectivity index (χ1) is 12.5. The van der Waals surface area contributed by atoms with E-state index in [1.54, 1.807) is 12.1 Å². The number of halogens is 2. The Morgan fingerprint density at radius 2 is 1.92 bits per heavy atom. The molecule has 3 aromatic rings. The average molecular weight is 417 g/mol. The summed E-state index contributed by atoms with van der Waals surface area (Å²) in [7, 11) is 0. The van der Waals surface area contributed by atoms with Crippen molar-refractivity contribution in [3.63, 3.8) is 0 Å². The summed E-state index contributed by atoms with van der Waals surface area (Å²) in [6, 6.07) is 8.70. The summed E-state index contributed by atoms with van der Waals surface area (Å²) in [6.07, 6.45) is 3.81. The first kappa shape index (κ1) is 17.3. The first-order valence-corrected chi connectivity index (χ1v) is 9.49. The number of fused-ring (bicyclic) bond motifs is 3. The summed E-state index contributed by atoms with van der Waals surface area (Å²) in [5.41, 5.74) is 3.49. The highest BCUT2D eigenvalue weighted by Gasteiger charge is 2.20. The second-order valence-electron chi connectivity index (χ2n) is 6.64. The monoisotopic (exact) mass is 416 g/mol. The Labute approximate surface area is 158 Å². The first-order valence-electron chi connectivity index (χ1n) is 8.69. The van der Waals surface area contributed by atoms with Crippen LogP contribution in [0.2, 0.25) is 0 Å². The zero-order chi connectivity index (χ0) is 18.3. The largest absolute Gasteiger partial charge is 0.488 e. The normalized spacial score (nSPS) is 13.7. The fourth-order valence-electron chi connectivity index (χ4n) is 3.58. The molecule has 0 saturated heterocycles. The van der Waals surface area contributed by atoms with Crippen molar-refractivity contribution < 1.29 is 13.5 Å². The molecule has 1 aliphatic rings. The van der Waals surface area contributed by atoms with E-state index in [4.69, 9.17) is 9.15 Å². The molecule has 0 atom stereocenters. The van der Waals surface area contributed by atoms with Gasteiger partial charge in [0.05, 0.1) is 0 Å². The minimum atomic E-state index is -0.321. The summed E-state index contributed by atoms with van der Waals surface area (Å²) in [5, 5.41) is 0.985. The Morgan fingerprint density at radius 3 is 2.69 bits per heavy atom. The van der Waals surface area contributed by atoms with Crippen LogP contribution in [-0.4, -0.2) is 0 Å². The molecule has 2 aromatic carbocycles. The Kier molecular flexibility index (Phi) is 4.57. The lowest BCUT2D eigenvalue weighted by molar-refractivity contribution is 0.297. The molecule has 0 radical (unpaired) electrons. The highest BCUT2D eigenvalue weighted by molar-refractivity contribution is 9.10. The quantitative estimate of drug-likeness (QED) is 0.532. The second kappa shape index (κ2) is 6.88. The zero-order valence-electron chi connectivity index (χ0n) is 14.4. The minimum absolute atomic E-state index is 0.112. The van der Waals surface area contributed by atoms with Gasteiger partial charge in [0, 0.05) is 26.5 Å². The van der Waals surface area contributed by atoms with Crippen molar-refractivity contribution in [1.29, 1.82) is 0 Å². The van der Waals surface area contributed by atoms with E-state index >= 15 is 0 Å². The van der Waals surface area contributed by atoms with Gasteiger partial charge in [-0.15, -0.1) is 0 Å². The van der Waals surface area contributed by atoms with Crippen LogP contribution in [0.5, 0.6) is 5.75 Å². The van der Waals surface area contributed by atoms with Crippen LogP contribution in [0, 0.1) is 12.7 Å². The topological polar surface area (TPSA) is 39.4 Å². The number of hydrogen-bond acceptors (Lipinski definition) is 3. The van der Waals surface area contributed by atoms with Gasteiger partial charge in [-0.05, 0) is 62.4 Å². The number of benzene rings is 2. The zero-order valence-corrected chi connectivity index (χ0v) is 16.0. The maximum absolute atomic E-state index is 14.0. The fraction of sp³-hybridized carbons (Fsp3) is 0.286. The van der Waals surface area contributed by atoms with Crippen LogP contribution in [0.15, 0.2) is 44.0 Å². The molecular formula is C21H18BrFO3. The molecule has 1 aromatic heterocycles. The molecule has 3 nitrogen and oxygen atoms in total. The molecule has 1 aliphatic carbocycles. The Balaban J connectivity index is 1.71. The van der Waals surface area contributed by atoms with Crippen LogP contribution < -0.4 is 10.4 Å². The van der Waals surface area contributed by atoms with E-state index in [1.807, 2.05) is 19.1 Å². The van der Waals surface area contributed by atoms with Gasteiger partial charge in [-0.2, -0.15) is 0 Å². The van der Waals surface area contributed by atoms with Gasteiger partial charge in [-0.3, -0.25) is 0 Å². The maximum atomic E-state index is 14.0. The van der Waals surface area contributed by atoms with E-state index < -0.39 is 0 Å². The van der Waals surface area contributed by atoms with Gasteiger partial charge < -0.3 is 9.15 Å². The minimum Gasteiger partial charge on any atom is -0.488 e. The highest BCUT2D eigenvalue weighted by Crippen LogP contribution is 2.33. The van der Waals surface area contributed by atoms with Crippen molar-refractivity contribution in [2.45, 2.75) is 39.2 Å². The predicted molar refractivity (Wildman–Crippen MR) is 102 cm³/mol. The summed E-state index contributed by atoms with van der Waals surface area (Å²) in [6.45, 7) is 1.98. The van der Waals surface area contributed by atoms with E-state index in [-0.39, 0.29) is 18.0 Å². The van der Waals surface area contributed by atoms with Gasteiger partial charge >= 0.3 is 5.63 Å². The van der Waals surface area contributed by atoms with Crippen molar-refractivity contribution >= 4 is 26.9 Å². The van der Waals surface area contributed by atoms with Crippen LogP contribution in [-0.2, 0) is 19.4 Å². The Hall–Kier alpha value is -2.14. The van der Waals surface area contributed by atoms with Gasteiger partial charge in [0.2, 0.25) is 0 Å². The lowest BCUT2D eigenvalue weighted by atomic mass is 9.90. The third kappa shape index (κ3) is 3.05. The molecule has 0 aliphatic heterocycles. The smallest absolute Gasteiger partial charge is 0.339 e. The molecule has 134 valence electrons. The SMILES string of the molecule is Cc1c(OCc2ccc(Br)cc2F)ccc2c3c(c(=O)oc12)CCCC3. The van der Waals surface area contributed by atoms with Gasteiger partial charge in [0.1, 0.15) is 23.8 Å². The van der Waals surface area contributed by atoms with Crippen molar-refractivity contribution in [2.75, 3.05) is 0 Å². The lowest BCUT2D eigenvalue weighted by Crippen LogP contribution is -2.16. The van der Waals surface area contributed by atoms with E-state index in [2.05, 4.69) is 15.9 Å². The molecule has 0 unspecified atom stereocenters. The van der Waals surface area contributed by atoms with Crippen molar-refractivity contribution in [3.8, 4) is 5.75 Å². The molecule has 5 heteroatoms. The molecule has 0 saturated carbocycles. The van der Waals surface area contributed by atoms with Crippen LogP contribution in [0.3, 0.4) is 0 Å². The van der Waals surface area contributed by atoms with E-state index in [1.165, 1.54) is 6.07 Å². The third-order valence-electron chi connectivity index (χ3n) is 4.99. The molecule has 0 fully saturated rings. The third-order valence-corrected chi connectivity index (χ3v) is 5.48. The van der Waals surface area contributed by atoms with Crippen LogP contribution in [0.25, 0.3) is 11.0 Å². The van der Waals surface area contributed by atoms with Crippen molar-refractivity contribution in [3.05, 3.63) is 73.3 Å². The van der Waals surface area contributed by atoms with Crippen molar-refractivity contribution in [1.82, 2.24) is 0 Å². The van der Waals surface area contributed by atoms with Crippen LogP contribution in [0.4, 0.5) is 4.39 Å². The van der Waals surface area contributed by atoms with Gasteiger partial charge in [0.15, 0.2) is 0 Å². The van der Waals surface area contributed by atoms with Crippen LogP contribution >= 0.6 is 15.9 Å². The number of rotatable bonds is 3. The number of ether oxygens (including phenoxy) is 1. The highest BCUT2D eigenvalue weighted by atomic mass is 79.9. The van der Waals surface area contributed by atoms with E-state index in [9.17, 15) is 9.18 Å². The van der Waals surface area contributed by atoms with Gasteiger partial charge in [0.25, 0.3) is 0 Å². The second-order valence-corrected chi connectivity index (χ2v) is 7.56. The van der Waals surface area contributed by atoms with Crippen LogP contribution in [0.1, 0.15) is 35.1 Å². The molecule has 0 N–H and O–H groups in total. The van der Waals surface area contributed by atoms with Gasteiger partial charge in [-0.25, -0.2) is 9.18 Å². The summed E-state index contributed by atoms with van der Waals surface area (Å²) in [5.74, 6) is 0.275. The summed E-state index contributed by atoms with van der Waals surface area (Å²) in [4.78, 5) is 12.3. The number of aryl methyl sites for hydroxylation is 2. The Morgan fingerprint density at radius 1 is 1.15 bits per heavy atom. The molecule has 0 spiro atoms. The average Bonchev–Trinajstić information content (AvgIpc) is 2.63. The fourth-order valence-corrected chi connectivity index (χ4v) is 3.91. The van der Waals surface area contributed by atoms with E-state index in [0.29, 0.717) is 21.4 Å². The predicted octanol–water partition coefficient (Wildman–Crippen LogP) is 5.46. The lowest BCUT2D eigenvalue weighted by Gasteiger charge is -2.18. The molecule has 1 heterocycles. The van der Waals surface area contributed by atoms with E-state index in [0.717, 1.165) is 47.8 Å². The van der Waals surface area contributed by atoms with Crippen molar-refractivity contribution in [2.24, 2.45) is 0 Å². The molecule has 0 amide bonds.